The van der Waals surface area contributed by atoms with Crippen molar-refractivity contribution >= 4 is 0 Å². The zero-order chi connectivity index (χ0) is 13.0. The first-order valence-corrected chi connectivity index (χ1v) is 7.45. The highest BCUT2D eigenvalue weighted by Crippen LogP contribution is 2.35. The van der Waals surface area contributed by atoms with Crippen molar-refractivity contribution in [2.45, 2.75) is 57.5 Å². The summed E-state index contributed by atoms with van der Waals surface area (Å²) in [4.78, 5) is 2.45. The van der Waals surface area contributed by atoms with E-state index in [2.05, 4.69) is 24.9 Å². The molecule has 1 heterocycles. The fourth-order valence-electron chi connectivity index (χ4n) is 3.62. The Morgan fingerprint density at radius 3 is 2.78 bits per heavy atom. The van der Waals surface area contributed by atoms with E-state index in [1.165, 1.54) is 25.7 Å². The highest BCUT2D eigenvalue weighted by Gasteiger charge is 2.36. The third kappa shape index (κ3) is 3.05. The number of ether oxygens (including phenoxy) is 1. The van der Waals surface area contributed by atoms with Gasteiger partial charge >= 0.3 is 0 Å². The molecule has 2 rings (SSSR count). The van der Waals surface area contributed by atoms with Crippen molar-refractivity contribution in [1.29, 1.82) is 5.26 Å². The standard InChI is InChI=1S/C15H26N2O/c1-3-4-12-5-6-13(10-16)15(9-12)17(2)14-7-8-18-11-14/h12-15H,3-9,11H2,1-2H3. The quantitative estimate of drug-likeness (QED) is 0.770. The van der Waals surface area contributed by atoms with Crippen molar-refractivity contribution in [2.24, 2.45) is 11.8 Å². The van der Waals surface area contributed by atoms with Crippen molar-refractivity contribution in [3.63, 3.8) is 0 Å². The molecule has 0 aromatic carbocycles. The minimum atomic E-state index is 0.226. The van der Waals surface area contributed by atoms with Gasteiger partial charge in [-0.3, -0.25) is 4.90 Å². The third-order valence-corrected chi connectivity index (χ3v) is 4.79. The molecule has 1 aliphatic heterocycles. The Balaban J connectivity index is 1.98. The molecule has 18 heavy (non-hydrogen) atoms. The van der Waals surface area contributed by atoms with Crippen molar-refractivity contribution in [3.8, 4) is 6.07 Å². The fraction of sp³-hybridized carbons (Fsp3) is 0.933. The molecule has 2 fully saturated rings. The molecule has 2 aliphatic rings. The first-order chi connectivity index (χ1) is 8.76. The van der Waals surface area contributed by atoms with Gasteiger partial charge in [0.05, 0.1) is 18.6 Å². The molecule has 1 saturated heterocycles. The highest BCUT2D eigenvalue weighted by atomic mass is 16.5. The first-order valence-electron chi connectivity index (χ1n) is 7.45. The minimum absolute atomic E-state index is 0.226. The van der Waals surface area contributed by atoms with Gasteiger partial charge in [0.1, 0.15) is 0 Å². The van der Waals surface area contributed by atoms with E-state index in [0.717, 1.165) is 32.0 Å². The van der Waals surface area contributed by atoms with Gasteiger partial charge in [0.15, 0.2) is 0 Å². The summed E-state index contributed by atoms with van der Waals surface area (Å²) in [6.45, 7) is 4.00. The van der Waals surface area contributed by atoms with Gasteiger partial charge in [-0.25, -0.2) is 0 Å². The van der Waals surface area contributed by atoms with Crippen LogP contribution in [0.3, 0.4) is 0 Å². The van der Waals surface area contributed by atoms with Crippen LogP contribution in [0.15, 0.2) is 0 Å². The van der Waals surface area contributed by atoms with Crippen LogP contribution in [-0.4, -0.2) is 37.2 Å². The zero-order valence-corrected chi connectivity index (χ0v) is 11.8. The molecule has 3 heteroatoms. The van der Waals surface area contributed by atoms with Gasteiger partial charge in [-0.1, -0.05) is 19.8 Å². The summed E-state index contributed by atoms with van der Waals surface area (Å²) in [5.41, 5.74) is 0. The van der Waals surface area contributed by atoms with E-state index in [0.29, 0.717) is 12.1 Å². The molecule has 4 unspecified atom stereocenters. The number of rotatable bonds is 4. The SMILES string of the molecule is CCCC1CCC(C#N)C(N(C)C2CCOC2)C1. The smallest absolute Gasteiger partial charge is 0.0672 e. The van der Waals surface area contributed by atoms with Gasteiger partial charge in [0.25, 0.3) is 0 Å². The lowest BCUT2D eigenvalue weighted by Crippen LogP contribution is -2.47. The van der Waals surface area contributed by atoms with E-state index >= 15 is 0 Å². The lowest BCUT2D eigenvalue weighted by Gasteiger charge is -2.40. The number of likely N-dealkylation sites (N-methyl/N-ethyl adjacent to an activating group) is 1. The van der Waals surface area contributed by atoms with Crippen LogP contribution in [0.4, 0.5) is 0 Å². The Kier molecular flexibility index (Phi) is 5.03. The maximum atomic E-state index is 9.36. The maximum Gasteiger partial charge on any atom is 0.0672 e. The van der Waals surface area contributed by atoms with Crippen LogP contribution in [0.25, 0.3) is 0 Å². The molecule has 0 N–H and O–H groups in total. The predicted octanol–water partition coefficient (Wildman–Crippen LogP) is 2.82. The summed E-state index contributed by atoms with van der Waals surface area (Å²) in [5, 5.41) is 9.36. The van der Waals surface area contributed by atoms with Crippen LogP contribution in [0.2, 0.25) is 0 Å². The highest BCUT2D eigenvalue weighted by molar-refractivity contribution is 4.98. The normalized spacial score (nSPS) is 36.8. The van der Waals surface area contributed by atoms with Crippen molar-refractivity contribution in [2.75, 3.05) is 20.3 Å². The number of nitrogens with zero attached hydrogens (tertiary/aromatic N) is 2. The van der Waals surface area contributed by atoms with Crippen LogP contribution < -0.4 is 0 Å². The summed E-state index contributed by atoms with van der Waals surface area (Å²) in [6.07, 6.45) is 7.26. The molecule has 4 atom stereocenters. The molecular weight excluding hydrogens is 224 g/mol. The second kappa shape index (κ2) is 6.54. The van der Waals surface area contributed by atoms with E-state index < -0.39 is 0 Å². The van der Waals surface area contributed by atoms with Crippen LogP contribution in [0.5, 0.6) is 0 Å². The first kappa shape index (κ1) is 13.8. The van der Waals surface area contributed by atoms with Gasteiger partial charge in [0, 0.05) is 18.7 Å². The predicted molar refractivity (Wildman–Crippen MR) is 72.1 cm³/mol. The summed E-state index contributed by atoms with van der Waals surface area (Å²) < 4.78 is 5.49. The van der Waals surface area contributed by atoms with Crippen molar-refractivity contribution < 1.29 is 4.74 Å². The number of nitriles is 1. The lowest BCUT2D eigenvalue weighted by molar-refractivity contribution is 0.0746. The van der Waals surface area contributed by atoms with Gasteiger partial charge in [-0.05, 0) is 38.6 Å². The van der Waals surface area contributed by atoms with Crippen LogP contribution in [0, 0.1) is 23.2 Å². The Bertz CT molecular complexity index is 293. The van der Waals surface area contributed by atoms with Crippen molar-refractivity contribution in [3.05, 3.63) is 0 Å². The lowest BCUT2D eigenvalue weighted by atomic mass is 9.76. The molecule has 0 bridgehead atoms. The summed E-state index contributed by atoms with van der Waals surface area (Å²) in [5.74, 6) is 1.05. The molecule has 3 nitrogen and oxygen atoms in total. The monoisotopic (exact) mass is 250 g/mol. The Morgan fingerprint density at radius 1 is 1.33 bits per heavy atom. The van der Waals surface area contributed by atoms with Gasteiger partial charge in [0.2, 0.25) is 0 Å². The fourth-order valence-corrected chi connectivity index (χ4v) is 3.62. The molecule has 1 saturated carbocycles. The minimum Gasteiger partial charge on any atom is -0.380 e. The zero-order valence-electron chi connectivity index (χ0n) is 11.8. The maximum absolute atomic E-state index is 9.36. The number of hydrogen-bond acceptors (Lipinski definition) is 3. The van der Waals surface area contributed by atoms with Gasteiger partial charge < -0.3 is 4.74 Å². The Hall–Kier alpha value is -0.590. The van der Waals surface area contributed by atoms with E-state index in [9.17, 15) is 5.26 Å². The second-order valence-corrected chi connectivity index (χ2v) is 5.95. The van der Waals surface area contributed by atoms with E-state index in [4.69, 9.17) is 4.74 Å². The molecule has 0 spiro atoms. The van der Waals surface area contributed by atoms with Crippen LogP contribution >= 0.6 is 0 Å². The topological polar surface area (TPSA) is 36.3 Å². The largest absolute Gasteiger partial charge is 0.380 e. The van der Waals surface area contributed by atoms with E-state index in [-0.39, 0.29) is 5.92 Å². The van der Waals surface area contributed by atoms with Crippen LogP contribution in [0.1, 0.15) is 45.4 Å². The molecular formula is C15H26N2O. The molecule has 0 aromatic rings. The average molecular weight is 250 g/mol. The van der Waals surface area contributed by atoms with E-state index in [1.807, 2.05) is 0 Å². The van der Waals surface area contributed by atoms with Gasteiger partial charge in [-0.15, -0.1) is 0 Å². The van der Waals surface area contributed by atoms with Gasteiger partial charge in [-0.2, -0.15) is 5.26 Å². The molecule has 1 aliphatic carbocycles. The average Bonchev–Trinajstić information content (AvgIpc) is 2.92. The summed E-state index contributed by atoms with van der Waals surface area (Å²) >= 11 is 0. The summed E-state index contributed by atoms with van der Waals surface area (Å²) in [7, 11) is 2.20. The summed E-state index contributed by atoms with van der Waals surface area (Å²) in [6, 6.07) is 3.52. The van der Waals surface area contributed by atoms with E-state index in [1.54, 1.807) is 0 Å². The number of hydrogen-bond donors (Lipinski definition) is 0. The molecule has 0 aromatic heterocycles. The second-order valence-electron chi connectivity index (χ2n) is 5.95. The molecule has 102 valence electrons. The van der Waals surface area contributed by atoms with Crippen LogP contribution in [-0.2, 0) is 4.74 Å². The molecule has 0 radical (unpaired) electrons. The molecule has 0 amide bonds. The Labute approximate surface area is 111 Å². The Morgan fingerprint density at radius 2 is 2.17 bits per heavy atom. The van der Waals surface area contributed by atoms with Crippen molar-refractivity contribution in [1.82, 2.24) is 4.90 Å². The third-order valence-electron chi connectivity index (χ3n) is 4.79.